The topological polar surface area (TPSA) is 27.7 Å². The largest absolute Gasteiger partial charge is 0.410 e. The first-order valence-electron chi connectivity index (χ1n) is 14.2. The van der Waals surface area contributed by atoms with Gasteiger partial charge >= 0.3 is 0 Å². The lowest BCUT2D eigenvalue weighted by atomic mass is 9.89. The van der Waals surface area contributed by atoms with Crippen LogP contribution < -0.4 is 0 Å². The van der Waals surface area contributed by atoms with Crippen molar-refractivity contribution in [2.24, 2.45) is 0 Å². The molecule has 3 aromatic rings. The SMILES string of the molecule is CC(C)(C)[Si](C)(C)O[C@H]1C[C@H](OCOCc2ccccc2)CC(CSc2ccccc2)=C1CSc1ccccc1. The van der Waals surface area contributed by atoms with E-state index in [9.17, 15) is 0 Å². The number of ether oxygens (including phenoxy) is 2. The molecule has 0 N–H and O–H groups in total. The fourth-order valence-electron chi connectivity index (χ4n) is 4.47. The molecule has 2 atom stereocenters. The van der Waals surface area contributed by atoms with Crippen molar-refractivity contribution >= 4 is 31.8 Å². The maximum atomic E-state index is 7.17. The summed E-state index contributed by atoms with van der Waals surface area (Å²) in [6, 6.07) is 31.7. The first-order chi connectivity index (χ1) is 19.2. The molecule has 40 heavy (non-hydrogen) atoms. The van der Waals surface area contributed by atoms with Crippen molar-refractivity contribution in [3.63, 3.8) is 0 Å². The quantitative estimate of drug-likeness (QED) is 0.0648. The molecule has 0 saturated heterocycles. The number of hydrogen-bond acceptors (Lipinski definition) is 5. The minimum absolute atomic E-state index is 0.0522. The van der Waals surface area contributed by atoms with Gasteiger partial charge in [-0.1, -0.05) is 93.1 Å². The van der Waals surface area contributed by atoms with E-state index in [2.05, 4.69) is 107 Å². The Bertz CT molecular complexity index is 1190. The zero-order valence-corrected chi connectivity index (χ0v) is 27.2. The number of thioether (sulfide) groups is 2. The summed E-state index contributed by atoms with van der Waals surface area (Å²) in [5, 5.41) is 0.135. The normalized spacial score (nSPS) is 18.2. The van der Waals surface area contributed by atoms with E-state index in [1.807, 2.05) is 41.7 Å². The van der Waals surface area contributed by atoms with Crippen molar-refractivity contribution in [2.45, 2.75) is 80.4 Å². The highest BCUT2D eigenvalue weighted by molar-refractivity contribution is 7.99. The molecule has 6 heteroatoms. The van der Waals surface area contributed by atoms with Crippen LogP contribution in [0.2, 0.25) is 18.1 Å². The molecular weight excluding hydrogens is 549 g/mol. The molecule has 0 bridgehead atoms. The molecule has 0 amide bonds. The van der Waals surface area contributed by atoms with Gasteiger partial charge in [0, 0.05) is 27.7 Å². The molecule has 1 aliphatic rings. The fraction of sp³-hybridized carbons (Fsp3) is 0.412. The Morgan fingerprint density at radius 2 is 1.32 bits per heavy atom. The van der Waals surface area contributed by atoms with Gasteiger partial charge in [-0.25, -0.2) is 0 Å². The molecule has 3 nitrogen and oxygen atoms in total. The van der Waals surface area contributed by atoms with Crippen LogP contribution in [-0.4, -0.2) is 38.8 Å². The Balaban J connectivity index is 1.54. The number of benzene rings is 3. The summed E-state index contributed by atoms with van der Waals surface area (Å²) < 4.78 is 19.5. The third-order valence-electron chi connectivity index (χ3n) is 7.83. The van der Waals surface area contributed by atoms with Crippen molar-refractivity contribution in [1.29, 1.82) is 0 Å². The third-order valence-corrected chi connectivity index (χ3v) is 14.5. The molecule has 0 saturated carbocycles. The number of rotatable bonds is 13. The predicted octanol–water partition coefficient (Wildman–Crippen LogP) is 9.61. The lowest BCUT2D eigenvalue weighted by molar-refractivity contribution is -0.105. The monoisotopic (exact) mass is 592 g/mol. The Labute approximate surface area is 251 Å². The summed E-state index contributed by atoms with van der Waals surface area (Å²) in [4.78, 5) is 2.59. The van der Waals surface area contributed by atoms with Crippen LogP contribution in [-0.2, 0) is 20.5 Å². The smallest absolute Gasteiger partial charge is 0.192 e. The number of hydrogen-bond donors (Lipinski definition) is 0. The molecule has 0 radical (unpaired) electrons. The van der Waals surface area contributed by atoms with Crippen LogP contribution in [0.3, 0.4) is 0 Å². The summed E-state index contributed by atoms with van der Waals surface area (Å²) in [6.07, 6.45) is 1.90. The van der Waals surface area contributed by atoms with Crippen LogP contribution in [0, 0.1) is 0 Å². The molecule has 0 heterocycles. The lowest BCUT2D eigenvalue weighted by Gasteiger charge is -2.43. The zero-order chi connectivity index (χ0) is 28.4. The van der Waals surface area contributed by atoms with Crippen molar-refractivity contribution in [3.05, 3.63) is 108 Å². The summed E-state index contributed by atoms with van der Waals surface area (Å²) in [7, 11) is -2.01. The van der Waals surface area contributed by atoms with Crippen LogP contribution in [0.1, 0.15) is 39.2 Å². The van der Waals surface area contributed by atoms with Crippen LogP contribution in [0.25, 0.3) is 0 Å². The third kappa shape index (κ3) is 9.36. The molecule has 0 aromatic heterocycles. The van der Waals surface area contributed by atoms with Crippen molar-refractivity contribution < 1.29 is 13.9 Å². The van der Waals surface area contributed by atoms with Crippen molar-refractivity contribution in [2.75, 3.05) is 18.3 Å². The first-order valence-corrected chi connectivity index (χ1v) is 19.1. The highest BCUT2D eigenvalue weighted by Gasteiger charge is 2.42. The highest BCUT2D eigenvalue weighted by Crippen LogP contribution is 2.42. The molecule has 0 unspecified atom stereocenters. The van der Waals surface area contributed by atoms with Crippen molar-refractivity contribution in [1.82, 2.24) is 0 Å². The standard InChI is InChI=1S/C34H44O3S2Si/c1-34(2,3)40(4,5)37-33-22-29(36-26-35-23-27-15-9-6-10-16-27)21-28(24-38-30-17-11-7-12-18-30)32(33)25-39-31-19-13-8-14-20-31/h6-20,29,33H,21-26H2,1-5H3/t29-,33+/m1/s1. The molecule has 4 rings (SSSR count). The van der Waals surface area contributed by atoms with Crippen LogP contribution in [0.5, 0.6) is 0 Å². The van der Waals surface area contributed by atoms with Gasteiger partial charge in [0.25, 0.3) is 0 Å². The van der Waals surface area contributed by atoms with Gasteiger partial charge in [-0.2, -0.15) is 0 Å². The average Bonchev–Trinajstić information content (AvgIpc) is 2.94. The molecular formula is C34H44O3S2Si. The van der Waals surface area contributed by atoms with Gasteiger partial charge < -0.3 is 13.9 Å². The van der Waals surface area contributed by atoms with E-state index in [-0.39, 0.29) is 17.2 Å². The van der Waals surface area contributed by atoms with Gasteiger partial charge in [0.05, 0.1) is 18.8 Å². The minimum atomic E-state index is -2.01. The van der Waals surface area contributed by atoms with Gasteiger partial charge in [0.15, 0.2) is 8.32 Å². The minimum Gasteiger partial charge on any atom is -0.410 e. The molecule has 1 aliphatic carbocycles. The molecule has 3 aromatic carbocycles. The van der Waals surface area contributed by atoms with E-state index in [1.165, 1.54) is 20.9 Å². The van der Waals surface area contributed by atoms with E-state index in [4.69, 9.17) is 13.9 Å². The van der Waals surface area contributed by atoms with Gasteiger partial charge in [-0.3, -0.25) is 0 Å². The van der Waals surface area contributed by atoms with Gasteiger partial charge in [0.2, 0.25) is 0 Å². The van der Waals surface area contributed by atoms with E-state index in [0.29, 0.717) is 13.4 Å². The Morgan fingerprint density at radius 1 is 0.775 bits per heavy atom. The summed E-state index contributed by atoms with van der Waals surface area (Å²) >= 11 is 3.82. The maximum Gasteiger partial charge on any atom is 0.192 e. The molecule has 0 aliphatic heterocycles. The van der Waals surface area contributed by atoms with Crippen molar-refractivity contribution in [3.8, 4) is 0 Å². The summed E-state index contributed by atoms with van der Waals surface area (Å²) in [5.74, 6) is 1.88. The average molecular weight is 593 g/mol. The van der Waals surface area contributed by atoms with E-state index < -0.39 is 8.32 Å². The fourth-order valence-corrected chi connectivity index (χ4v) is 7.83. The Hall–Kier alpha value is -1.80. The van der Waals surface area contributed by atoms with Crippen LogP contribution in [0.4, 0.5) is 0 Å². The van der Waals surface area contributed by atoms with Crippen LogP contribution in [0.15, 0.2) is 112 Å². The van der Waals surface area contributed by atoms with Gasteiger partial charge in [-0.05, 0) is 60.0 Å². The predicted molar refractivity (Wildman–Crippen MR) is 174 cm³/mol. The summed E-state index contributed by atoms with van der Waals surface area (Å²) in [6.45, 7) is 12.5. The van der Waals surface area contributed by atoms with Gasteiger partial charge in [-0.15, -0.1) is 23.5 Å². The van der Waals surface area contributed by atoms with E-state index in [1.54, 1.807) is 0 Å². The summed E-state index contributed by atoms with van der Waals surface area (Å²) in [5.41, 5.74) is 4.07. The lowest BCUT2D eigenvalue weighted by Crippen LogP contribution is -2.47. The molecule has 0 fully saturated rings. The molecule has 0 spiro atoms. The van der Waals surface area contributed by atoms with Gasteiger partial charge in [0.1, 0.15) is 6.79 Å². The first kappa shape index (κ1) is 31.1. The second kappa shape index (κ2) is 14.9. The van der Waals surface area contributed by atoms with E-state index in [0.717, 1.165) is 29.9 Å². The second-order valence-corrected chi connectivity index (χ2v) is 18.7. The van der Waals surface area contributed by atoms with E-state index >= 15 is 0 Å². The molecule has 214 valence electrons. The second-order valence-electron chi connectivity index (χ2n) is 11.9. The highest BCUT2D eigenvalue weighted by atomic mass is 32.2. The zero-order valence-electron chi connectivity index (χ0n) is 24.6. The van der Waals surface area contributed by atoms with Crippen LogP contribution >= 0.6 is 23.5 Å². The Kier molecular flexibility index (Phi) is 11.6. The Morgan fingerprint density at radius 3 is 1.90 bits per heavy atom. The maximum absolute atomic E-state index is 7.17.